The van der Waals surface area contributed by atoms with E-state index < -0.39 is 0 Å². The minimum atomic E-state index is 0.0410. The monoisotopic (exact) mass is 378 g/mol. The molecule has 1 unspecified atom stereocenters. The van der Waals surface area contributed by atoms with Crippen LogP contribution in [0.3, 0.4) is 0 Å². The van der Waals surface area contributed by atoms with Crippen LogP contribution in [0.4, 0.5) is 5.69 Å². The van der Waals surface area contributed by atoms with E-state index in [1.54, 1.807) is 4.68 Å². The molecule has 0 N–H and O–H groups in total. The van der Waals surface area contributed by atoms with Crippen LogP contribution in [0.1, 0.15) is 19.2 Å². The zero-order chi connectivity index (χ0) is 18.8. The Hall–Kier alpha value is -2.60. The molecule has 27 heavy (non-hydrogen) atoms. The lowest BCUT2D eigenvalue weighted by Gasteiger charge is -2.22. The average Bonchev–Trinajstić information content (AvgIpc) is 2.94. The number of amides is 1. The predicted molar refractivity (Wildman–Crippen MR) is 109 cm³/mol. The van der Waals surface area contributed by atoms with Crippen molar-refractivity contribution in [3.05, 3.63) is 60.4 Å². The van der Waals surface area contributed by atoms with Gasteiger partial charge in [0.2, 0.25) is 5.91 Å². The van der Waals surface area contributed by atoms with Crippen LogP contribution >= 0.6 is 11.8 Å². The zero-order valence-corrected chi connectivity index (χ0v) is 16.3. The lowest BCUT2D eigenvalue weighted by molar-refractivity contribution is -0.119. The molecule has 1 aliphatic heterocycles. The van der Waals surface area contributed by atoms with Crippen molar-refractivity contribution < 1.29 is 4.79 Å². The molecule has 2 aromatic carbocycles. The quantitative estimate of drug-likeness (QED) is 0.686. The Balaban J connectivity index is 1.64. The highest BCUT2D eigenvalue weighted by molar-refractivity contribution is 8.00. The Kier molecular flexibility index (Phi) is 4.99. The lowest BCUT2D eigenvalue weighted by atomic mass is 10.2. The van der Waals surface area contributed by atoms with Gasteiger partial charge in [-0.05, 0) is 25.5 Å². The number of carbonyl (C=O) groups is 1. The van der Waals surface area contributed by atoms with Gasteiger partial charge in [0.15, 0.2) is 5.82 Å². The van der Waals surface area contributed by atoms with Crippen LogP contribution in [0.5, 0.6) is 0 Å². The largest absolute Gasteiger partial charge is 0.310 e. The Labute approximate surface area is 163 Å². The Morgan fingerprint density at radius 3 is 2.70 bits per heavy atom. The Morgan fingerprint density at radius 2 is 1.89 bits per heavy atom. The molecule has 0 bridgehead atoms. The second-order valence-electron chi connectivity index (χ2n) is 6.74. The number of nitrogens with zero attached hydrogens (tertiary/aromatic N) is 4. The average molecular weight is 379 g/mol. The molecule has 3 aromatic rings. The first-order valence-electron chi connectivity index (χ1n) is 9.15. The zero-order valence-electron chi connectivity index (χ0n) is 15.5. The number of anilines is 1. The van der Waals surface area contributed by atoms with Crippen molar-refractivity contribution in [2.24, 2.45) is 0 Å². The maximum Gasteiger partial charge on any atom is 0.248 e. The molecule has 1 aromatic heterocycles. The van der Waals surface area contributed by atoms with Crippen LogP contribution in [-0.4, -0.2) is 32.5 Å². The Bertz CT molecular complexity index is 954. The van der Waals surface area contributed by atoms with Crippen LogP contribution < -0.4 is 4.90 Å². The summed E-state index contributed by atoms with van der Waals surface area (Å²) in [7, 11) is 0. The van der Waals surface area contributed by atoms with Gasteiger partial charge >= 0.3 is 0 Å². The molecule has 2 heterocycles. The first-order valence-corrected chi connectivity index (χ1v) is 10.0. The minimum Gasteiger partial charge on any atom is -0.310 e. The van der Waals surface area contributed by atoms with Crippen molar-refractivity contribution >= 4 is 23.4 Å². The number of hydrogen-bond donors (Lipinski definition) is 0. The van der Waals surface area contributed by atoms with Crippen LogP contribution in [0.2, 0.25) is 0 Å². The number of para-hydroxylation sites is 1. The Morgan fingerprint density at radius 1 is 1.15 bits per heavy atom. The number of aromatic nitrogens is 3. The summed E-state index contributed by atoms with van der Waals surface area (Å²) in [6.45, 7) is 4.97. The van der Waals surface area contributed by atoms with E-state index in [0.717, 1.165) is 34.9 Å². The summed E-state index contributed by atoms with van der Waals surface area (Å²) in [4.78, 5) is 20.8. The van der Waals surface area contributed by atoms with Crippen LogP contribution in [0.15, 0.2) is 59.5 Å². The number of thioether (sulfide) groups is 1. The van der Waals surface area contributed by atoms with E-state index in [-0.39, 0.29) is 12.5 Å². The summed E-state index contributed by atoms with van der Waals surface area (Å²) in [5.41, 5.74) is 1.96. The van der Waals surface area contributed by atoms with Crippen molar-refractivity contribution in [1.29, 1.82) is 0 Å². The second-order valence-corrected chi connectivity index (χ2v) is 8.22. The molecule has 5 nitrogen and oxygen atoms in total. The van der Waals surface area contributed by atoms with E-state index in [2.05, 4.69) is 23.1 Å². The van der Waals surface area contributed by atoms with E-state index in [0.29, 0.717) is 11.1 Å². The van der Waals surface area contributed by atoms with E-state index in [1.165, 1.54) is 0 Å². The van der Waals surface area contributed by atoms with E-state index >= 15 is 0 Å². The SMILES string of the molecule is Cc1nc(-c2ccccc2)n(CC(=O)N2CCC(C)Sc3ccccc32)n1. The second kappa shape index (κ2) is 7.56. The summed E-state index contributed by atoms with van der Waals surface area (Å²) < 4.78 is 1.72. The van der Waals surface area contributed by atoms with Gasteiger partial charge in [0.05, 0.1) is 5.69 Å². The molecule has 0 aliphatic carbocycles. The van der Waals surface area contributed by atoms with Gasteiger partial charge < -0.3 is 4.90 Å². The van der Waals surface area contributed by atoms with Gasteiger partial charge in [0, 0.05) is 22.3 Å². The van der Waals surface area contributed by atoms with Gasteiger partial charge in [0.25, 0.3) is 0 Å². The molecule has 6 heteroatoms. The normalized spacial score (nSPS) is 16.7. The van der Waals surface area contributed by atoms with E-state index in [9.17, 15) is 4.79 Å². The van der Waals surface area contributed by atoms with E-state index in [1.807, 2.05) is 72.1 Å². The third-order valence-corrected chi connectivity index (χ3v) is 5.88. The molecular weight excluding hydrogens is 356 g/mol. The molecule has 1 amide bonds. The molecule has 0 fully saturated rings. The fourth-order valence-corrected chi connectivity index (χ4v) is 4.44. The number of aryl methyl sites for hydroxylation is 1. The molecule has 0 saturated heterocycles. The molecule has 138 valence electrons. The maximum absolute atomic E-state index is 13.2. The summed E-state index contributed by atoms with van der Waals surface area (Å²) in [6.07, 6.45) is 0.965. The van der Waals surface area contributed by atoms with Gasteiger partial charge in [-0.3, -0.25) is 4.79 Å². The topological polar surface area (TPSA) is 51.0 Å². The van der Waals surface area contributed by atoms with Gasteiger partial charge in [-0.15, -0.1) is 11.8 Å². The van der Waals surface area contributed by atoms with Crippen molar-refractivity contribution in [1.82, 2.24) is 14.8 Å². The summed E-state index contributed by atoms with van der Waals surface area (Å²) >= 11 is 1.84. The van der Waals surface area contributed by atoms with E-state index in [4.69, 9.17) is 0 Å². The van der Waals surface area contributed by atoms with Gasteiger partial charge in [0.1, 0.15) is 12.4 Å². The van der Waals surface area contributed by atoms with Crippen molar-refractivity contribution in [2.75, 3.05) is 11.4 Å². The fourth-order valence-electron chi connectivity index (χ4n) is 3.33. The minimum absolute atomic E-state index is 0.0410. The molecule has 1 aliphatic rings. The predicted octanol–water partition coefficient (Wildman–Crippen LogP) is 4.17. The van der Waals surface area contributed by atoms with Crippen LogP contribution in [0.25, 0.3) is 11.4 Å². The number of benzene rings is 2. The molecule has 0 radical (unpaired) electrons. The smallest absolute Gasteiger partial charge is 0.248 e. The molecule has 0 spiro atoms. The van der Waals surface area contributed by atoms with Crippen molar-refractivity contribution in [3.8, 4) is 11.4 Å². The molecule has 0 saturated carbocycles. The highest BCUT2D eigenvalue weighted by atomic mass is 32.2. The first kappa shape index (κ1) is 17.8. The fraction of sp³-hybridized carbons (Fsp3) is 0.286. The summed E-state index contributed by atoms with van der Waals surface area (Å²) in [5.74, 6) is 1.44. The lowest BCUT2D eigenvalue weighted by Crippen LogP contribution is -2.35. The standard InChI is InChI=1S/C21H22N4OS/c1-15-12-13-24(18-10-6-7-11-19(18)27-15)20(26)14-25-21(22-16(2)23-25)17-8-4-3-5-9-17/h3-11,15H,12-14H2,1-2H3. The third kappa shape index (κ3) is 3.76. The van der Waals surface area contributed by atoms with Crippen molar-refractivity contribution in [3.63, 3.8) is 0 Å². The van der Waals surface area contributed by atoms with Crippen LogP contribution in [-0.2, 0) is 11.3 Å². The first-order chi connectivity index (χ1) is 13.1. The summed E-state index contributed by atoms with van der Waals surface area (Å²) in [5, 5.41) is 4.95. The maximum atomic E-state index is 13.2. The van der Waals surface area contributed by atoms with Gasteiger partial charge in [-0.2, -0.15) is 5.10 Å². The third-order valence-electron chi connectivity index (χ3n) is 4.64. The van der Waals surface area contributed by atoms with Crippen LogP contribution in [0, 0.1) is 6.92 Å². The van der Waals surface area contributed by atoms with Gasteiger partial charge in [-0.1, -0.05) is 49.4 Å². The number of rotatable bonds is 3. The number of hydrogen-bond acceptors (Lipinski definition) is 4. The molecular formula is C21H22N4OS. The van der Waals surface area contributed by atoms with Gasteiger partial charge in [-0.25, -0.2) is 9.67 Å². The highest BCUT2D eigenvalue weighted by Gasteiger charge is 2.25. The highest BCUT2D eigenvalue weighted by Crippen LogP contribution is 2.37. The number of carbonyl (C=O) groups excluding carboxylic acids is 1. The molecule has 4 rings (SSSR count). The number of fused-ring (bicyclic) bond motifs is 1. The van der Waals surface area contributed by atoms with Crippen molar-refractivity contribution in [2.45, 2.75) is 37.0 Å². The molecule has 1 atom stereocenters. The summed E-state index contributed by atoms with van der Waals surface area (Å²) in [6, 6.07) is 18.0.